The van der Waals surface area contributed by atoms with E-state index in [-0.39, 0.29) is 17.3 Å². The molecule has 21 heavy (non-hydrogen) atoms. The van der Waals surface area contributed by atoms with E-state index in [0.29, 0.717) is 24.1 Å². The van der Waals surface area contributed by atoms with Crippen molar-refractivity contribution in [1.29, 1.82) is 0 Å². The van der Waals surface area contributed by atoms with E-state index < -0.39 is 5.97 Å². The number of phenols is 1. The molecule has 1 aliphatic rings. The Labute approximate surface area is 123 Å². The number of hydrogen-bond donors (Lipinski definition) is 4. The number of hydrogen-bond acceptors (Lipinski definition) is 3. The summed E-state index contributed by atoms with van der Waals surface area (Å²) < 4.78 is 0. The molecule has 1 fully saturated rings. The van der Waals surface area contributed by atoms with Gasteiger partial charge in [-0.15, -0.1) is 0 Å². The number of anilines is 1. The highest BCUT2D eigenvalue weighted by atomic mass is 16.4. The van der Waals surface area contributed by atoms with E-state index in [1.165, 1.54) is 31.0 Å². The molecule has 0 spiro atoms. The molecule has 0 saturated heterocycles. The fourth-order valence-electron chi connectivity index (χ4n) is 2.71. The van der Waals surface area contributed by atoms with Crippen LogP contribution in [-0.4, -0.2) is 28.8 Å². The number of rotatable bonds is 4. The highest BCUT2D eigenvalue weighted by Gasteiger charge is 2.23. The van der Waals surface area contributed by atoms with Crippen LogP contribution in [0.2, 0.25) is 0 Å². The van der Waals surface area contributed by atoms with Crippen molar-refractivity contribution in [3.05, 3.63) is 23.8 Å². The molecule has 1 aromatic carbocycles. The smallest absolute Gasteiger partial charge is 0.339 e. The van der Waals surface area contributed by atoms with Gasteiger partial charge in [-0.05, 0) is 30.4 Å². The van der Waals surface area contributed by atoms with E-state index in [4.69, 9.17) is 5.11 Å². The molecular weight excluding hydrogens is 272 g/mol. The summed E-state index contributed by atoms with van der Waals surface area (Å²) >= 11 is 0. The van der Waals surface area contributed by atoms with Crippen molar-refractivity contribution < 1.29 is 19.8 Å². The lowest BCUT2D eigenvalue weighted by Crippen LogP contribution is -2.33. The minimum Gasteiger partial charge on any atom is -0.507 e. The van der Waals surface area contributed by atoms with Crippen LogP contribution in [0.5, 0.6) is 5.75 Å². The highest BCUT2D eigenvalue weighted by molar-refractivity contribution is 5.93. The van der Waals surface area contributed by atoms with Crippen LogP contribution in [0.4, 0.5) is 10.5 Å². The van der Waals surface area contributed by atoms with Crippen molar-refractivity contribution in [2.75, 3.05) is 11.9 Å². The van der Waals surface area contributed by atoms with Gasteiger partial charge in [0.25, 0.3) is 0 Å². The molecule has 0 radical (unpaired) electrons. The Kier molecular flexibility index (Phi) is 4.67. The molecule has 2 amide bonds. The van der Waals surface area contributed by atoms with E-state index in [2.05, 4.69) is 17.6 Å². The zero-order chi connectivity index (χ0) is 15.4. The van der Waals surface area contributed by atoms with E-state index >= 15 is 0 Å². The molecule has 1 saturated carbocycles. The fourth-order valence-corrected chi connectivity index (χ4v) is 2.71. The van der Waals surface area contributed by atoms with Crippen molar-refractivity contribution >= 4 is 17.7 Å². The van der Waals surface area contributed by atoms with Gasteiger partial charge in [-0.2, -0.15) is 0 Å². The Balaban J connectivity index is 1.87. The molecule has 0 heterocycles. The van der Waals surface area contributed by atoms with E-state index in [1.54, 1.807) is 0 Å². The maximum atomic E-state index is 11.8. The third-order valence-corrected chi connectivity index (χ3v) is 4.05. The molecule has 1 aromatic rings. The topological polar surface area (TPSA) is 98.7 Å². The summed E-state index contributed by atoms with van der Waals surface area (Å²) in [5.41, 5.74) is 0.162. The summed E-state index contributed by atoms with van der Waals surface area (Å²) in [6.07, 6.45) is 3.55. The molecule has 0 aromatic heterocycles. The van der Waals surface area contributed by atoms with Gasteiger partial charge in [0.1, 0.15) is 11.3 Å². The minimum atomic E-state index is -1.21. The lowest BCUT2D eigenvalue weighted by Gasteiger charge is -2.16. The van der Waals surface area contributed by atoms with Gasteiger partial charge in [0.2, 0.25) is 0 Å². The zero-order valence-electron chi connectivity index (χ0n) is 11.9. The second kappa shape index (κ2) is 6.47. The first-order valence-corrected chi connectivity index (χ1v) is 7.08. The van der Waals surface area contributed by atoms with Crippen LogP contribution in [-0.2, 0) is 0 Å². The van der Waals surface area contributed by atoms with Gasteiger partial charge in [0, 0.05) is 18.3 Å². The second-order valence-electron chi connectivity index (χ2n) is 5.54. The Morgan fingerprint density at radius 2 is 2.10 bits per heavy atom. The molecule has 0 aliphatic heterocycles. The molecule has 6 heteroatoms. The number of carbonyl (C=O) groups excluding carboxylic acids is 1. The predicted octanol–water partition coefficient (Wildman–Crippen LogP) is 2.65. The standard InChI is InChI=1S/C15H20N2O4/c1-9-3-2-4-10(9)8-16-15(21)17-11-5-6-12(14(19)20)13(18)7-11/h5-7,9-10,18H,2-4,8H2,1H3,(H,19,20)(H2,16,17,21). The number of carboxylic acid groups (broad SMARTS) is 1. The molecule has 6 nitrogen and oxygen atoms in total. The lowest BCUT2D eigenvalue weighted by atomic mass is 9.98. The van der Waals surface area contributed by atoms with E-state index in [9.17, 15) is 14.7 Å². The van der Waals surface area contributed by atoms with Crippen LogP contribution in [0.25, 0.3) is 0 Å². The van der Waals surface area contributed by atoms with Crippen LogP contribution in [0.15, 0.2) is 18.2 Å². The van der Waals surface area contributed by atoms with Gasteiger partial charge in [-0.25, -0.2) is 9.59 Å². The largest absolute Gasteiger partial charge is 0.507 e. The van der Waals surface area contributed by atoms with Crippen molar-refractivity contribution in [1.82, 2.24) is 5.32 Å². The summed E-state index contributed by atoms with van der Waals surface area (Å²) in [5, 5.41) is 23.8. The van der Waals surface area contributed by atoms with Crippen LogP contribution < -0.4 is 10.6 Å². The lowest BCUT2D eigenvalue weighted by molar-refractivity contribution is 0.0694. The molecule has 114 valence electrons. The summed E-state index contributed by atoms with van der Waals surface area (Å²) in [6, 6.07) is 3.57. The Morgan fingerprint density at radius 3 is 2.67 bits per heavy atom. The second-order valence-corrected chi connectivity index (χ2v) is 5.54. The SMILES string of the molecule is CC1CCCC1CNC(=O)Nc1ccc(C(=O)O)c(O)c1. The average Bonchev–Trinajstić information content (AvgIpc) is 2.81. The van der Waals surface area contributed by atoms with Gasteiger partial charge >= 0.3 is 12.0 Å². The van der Waals surface area contributed by atoms with Crippen molar-refractivity contribution in [3.63, 3.8) is 0 Å². The molecule has 2 rings (SSSR count). The number of carboxylic acids is 1. The van der Waals surface area contributed by atoms with Crippen molar-refractivity contribution in [2.45, 2.75) is 26.2 Å². The van der Waals surface area contributed by atoms with E-state index in [1.807, 2.05) is 0 Å². The number of carbonyl (C=O) groups is 2. The molecule has 4 N–H and O–H groups in total. The van der Waals surface area contributed by atoms with Crippen LogP contribution in [0.1, 0.15) is 36.5 Å². The highest BCUT2D eigenvalue weighted by Crippen LogP contribution is 2.30. The van der Waals surface area contributed by atoms with Gasteiger partial charge < -0.3 is 20.8 Å². The monoisotopic (exact) mass is 292 g/mol. The van der Waals surface area contributed by atoms with Gasteiger partial charge in [-0.1, -0.05) is 19.8 Å². The molecule has 0 bridgehead atoms. The number of benzene rings is 1. The normalized spacial score (nSPS) is 21.0. The molecule has 2 atom stereocenters. The third kappa shape index (κ3) is 3.87. The number of amides is 2. The van der Waals surface area contributed by atoms with E-state index in [0.717, 1.165) is 6.42 Å². The van der Waals surface area contributed by atoms with Crippen LogP contribution in [0, 0.1) is 11.8 Å². The number of nitrogens with one attached hydrogen (secondary N) is 2. The first-order chi connectivity index (χ1) is 9.97. The average molecular weight is 292 g/mol. The minimum absolute atomic E-state index is 0.194. The fraction of sp³-hybridized carbons (Fsp3) is 0.467. The third-order valence-electron chi connectivity index (χ3n) is 4.05. The maximum absolute atomic E-state index is 11.8. The number of urea groups is 1. The first-order valence-electron chi connectivity index (χ1n) is 7.08. The maximum Gasteiger partial charge on any atom is 0.339 e. The first kappa shape index (κ1) is 15.2. The Morgan fingerprint density at radius 1 is 1.33 bits per heavy atom. The van der Waals surface area contributed by atoms with Crippen molar-refractivity contribution in [3.8, 4) is 5.75 Å². The zero-order valence-corrected chi connectivity index (χ0v) is 11.9. The van der Waals surface area contributed by atoms with Crippen molar-refractivity contribution in [2.24, 2.45) is 11.8 Å². The number of aromatic carboxylic acids is 1. The molecular formula is C15H20N2O4. The van der Waals surface area contributed by atoms with Gasteiger partial charge in [0.15, 0.2) is 0 Å². The summed E-state index contributed by atoms with van der Waals surface area (Å²) in [5.74, 6) is -0.439. The van der Waals surface area contributed by atoms with Crippen LogP contribution >= 0.6 is 0 Å². The Hall–Kier alpha value is -2.24. The van der Waals surface area contributed by atoms with Gasteiger partial charge in [-0.3, -0.25) is 0 Å². The molecule has 1 aliphatic carbocycles. The summed E-state index contributed by atoms with van der Waals surface area (Å²) in [4.78, 5) is 22.6. The quantitative estimate of drug-likeness (QED) is 0.685. The molecule has 2 unspecified atom stereocenters. The number of aromatic hydroxyl groups is 1. The van der Waals surface area contributed by atoms with Gasteiger partial charge in [0.05, 0.1) is 0 Å². The Bertz CT molecular complexity index is 544. The predicted molar refractivity (Wildman–Crippen MR) is 78.6 cm³/mol. The summed E-state index contributed by atoms with van der Waals surface area (Å²) in [6.45, 7) is 2.83. The summed E-state index contributed by atoms with van der Waals surface area (Å²) in [7, 11) is 0. The van der Waals surface area contributed by atoms with Crippen LogP contribution in [0.3, 0.4) is 0 Å².